The lowest BCUT2D eigenvalue weighted by Crippen LogP contribution is -2.04. The third-order valence-corrected chi connectivity index (χ3v) is 2.42. The zero-order valence-electron chi connectivity index (χ0n) is 9.62. The fourth-order valence-electron chi connectivity index (χ4n) is 1.34. The number of rotatable bonds is 5. The highest BCUT2D eigenvalue weighted by molar-refractivity contribution is 5.66. The minimum Gasteiger partial charge on any atom is -0.491 e. The predicted molar refractivity (Wildman–Crippen MR) is 62.7 cm³/mol. The highest BCUT2D eigenvalue weighted by atomic mass is 16.5. The Labute approximate surface area is 95.0 Å². The van der Waals surface area contributed by atoms with E-state index in [2.05, 4.69) is 0 Å². The zero-order valence-corrected chi connectivity index (χ0v) is 9.62. The fraction of sp³-hybridized carbons (Fsp3) is 0.417. The maximum atomic E-state index is 10.3. The van der Waals surface area contributed by atoms with Crippen molar-refractivity contribution in [3.8, 4) is 5.75 Å². The van der Waals surface area contributed by atoms with Crippen LogP contribution in [0.5, 0.6) is 5.75 Å². The highest BCUT2D eigenvalue weighted by Crippen LogP contribution is 2.25. The van der Waals surface area contributed by atoms with Crippen molar-refractivity contribution in [2.45, 2.75) is 26.7 Å². The van der Waals surface area contributed by atoms with E-state index in [4.69, 9.17) is 15.6 Å². The summed E-state index contributed by atoms with van der Waals surface area (Å²) in [5, 5.41) is 8.47. The molecule has 0 aromatic heterocycles. The second-order valence-electron chi connectivity index (χ2n) is 3.82. The molecule has 0 saturated heterocycles. The van der Waals surface area contributed by atoms with Gasteiger partial charge < -0.3 is 15.6 Å². The van der Waals surface area contributed by atoms with Crippen LogP contribution in [0.1, 0.15) is 24.0 Å². The summed E-state index contributed by atoms with van der Waals surface area (Å²) in [4.78, 5) is 10.3. The molecule has 0 amide bonds. The Bertz CT molecular complexity index is 388. The van der Waals surface area contributed by atoms with Gasteiger partial charge in [-0.15, -0.1) is 0 Å². The molecule has 1 rings (SSSR count). The monoisotopic (exact) mass is 223 g/mol. The van der Waals surface area contributed by atoms with Gasteiger partial charge in [-0.05, 0) is 43.5 Å². The van der Waals surface area contributed by atoms with Gasteiger partial charge in [-0.1, -0.05) is 0 Å². The maximum absolute atomic E-state index is 10.3. The Morgan fingerprint density at radius 2 is 2.00 bits per heavy atom. The van der Waals surface area contributed by atoms with Crippen LogP contribution in [0.2, 0.25) is 0 Å². The molecule has 0 spiro atoms. The van der Waals surface area contributed by atoms with Crippen molar-refractivity contribution < 1.29 is 14.6 Å². The number of nitrogen functional groups attached to an aromatic ring is 1. The molecule has 16 heavy (non-hydrogen) atoms. The molecule has 0 radical (unpaired) electrons. The molecule has 0 aliphatic carbocycles. The van der Waals surface area contributed by atoms with Crippen molar-refractivity contribution in [2.75, 3.05) is 12.3 Å². The lowest BCUT2D eigenvalue weighted by atomic mass is 10.1. The van der Waals surface area contributed by atoms with Crippen LogP contribution in [0.15, 0.2) is 12.1 Å². The smallest absolute Gasteiger partial charge is 0.303 e. The van der Waals surface area contributed by atoms with Crippen molar-refractivity contribution in [1.29, 1.82) is 0 Å². The molecule has 1 aromatic carbocycles. The topological polar surface area (TPSA) is 72.5 Å². The van der Waals surface area contributed by atoms with E-state index in [1.807, 2.05) is 26.0 Å². The fourth-order valence-corrected chi connectivity index (χ4v) is 1.34. The predicted octanol–water partition coefficient (Wildman–Crippen LogP) is 2.13. The van der Waals surface area contributed by atoms with Gasteiger partial charge in [0.25, 0.3) is 0 Å². The number of hydrogen-bond acceptors (Lipinski definition) is 3. The molecular formula is C12H17NO3. The van der Waals surface area contributed by atoms with Crippen molar-refractivity contribution in [2.24, 2.45) is 0 Å². The second kappa shape index (κ2) is 5.39. The zero-order chi connectivity index (χ0) is 12.1. The van der Waals surface area contributed by atoms with E-state index >= 15 is 0 Å². The number of carbonyl (C=O) groups is 1. The number of anilines is 1. The summed E-state index contributed by atoms with van der Waals surface area (Å²) < 4.78 is 5.43. The largest absolute Gasteiger partial charge is 0.491 e. The average Bonchev–Trinajstić information content (AvgIpc) is 2.19. The van der Waals surface area contributed by atoms with Crippen molar-refractivity contribution in [1.82, 2.24) is 0 Å². The number of nitrogens with two attached hydrogens (primary N) is 1. The molecule has 4 heteroatoms. The molecule has 0 aliphatic heterocycles. The Hall–Kier alpha value is -1.71. The van der Waals surface area contributed by atoms with Gasteiger partial charge in [0.15, 0.2) is 0 Å². The van der Waals surface area contributed by atoms with E-state index in [0.29, 0.717) is 24.5 Å². The first-order valence-electron chi connectivity index (χ1n) is 5.22. The van der Waals surface area contributed by atoms with E-state index in [9.17, 15) is 4.79 Å². The minimum atomic E-state index is -0.809. The summed E-state index contributed by atoms with van der Waals surface area (Å²) in [5.74, 6) is -0.176. The number of benzene rings is 1. The Morgan fingerprint density at radius 3 is 2.62 bits per heavy atom. The van der Waals surface area contributed by atoms with Crippen LogP contribution in [0.4, 0.5) is 5.69 Å². The molecule has 0 saturated carbocycles. The van der Waals surface area contributed by atoms with Gasteiger partial charge >= 0.3 is 5.97 Å². The minimum absolute atomic E-state index is 0.116. The Morgan fingerprint density at radius 1 is 1.38 bits per heavy atom. The molecule has 0 aliphatic rings. The quantitative estimate of drug-likeness (QED) is 0.592. The SMILES string of the molecule is Cc1cc(N)c(OCCCC(=O)O)cc1C. The number of ether oxygens (including phenoxy) is 1. The number of carboxylic acids is 1. The van der Waals surface area contributed by atoms with Crippen LogP contribution in [0, 0.1) is 13.8 Å². The van der Waals surface area contributed by atoms with E-state index in [0.717, 1.165) is 11.1 Å². The first-order chi connectivity index (χ1) is 7.50. The van der Waals surface area contributed by atoms with E-state index < -0.39 is 5.97 Å². The molecule has 1 aromatic rings. The molecule has 0 unspecified atom stereocenters. The van der Waals surface area contributed by atoms with Crippen LogP contribution in [0.3, 0.4) is 0 Å². The second-order valence-corrected chi connectivity index (χ2v) is 3.82. The van der Waals surface area contributed by atoms with Crippen LogP contribution >= 0.6 is 0 Å². The summed E-state index contributed by atoms with van der Waals surface area (Å²) >= 11 is 0. The molecule has 0 bridgehead atoms. The van der Waals surface area contributed by atoms with Gasteiger partial charge in [0.05, 0.1) is 12.3 Å². The van der Waals surface area contributed by atoms with Crippen LogP contribution in [-0.2, 0) is 4.79 Å². The molecule has 4 nitrogen and oxygen atoms in total. The summed E-state index contributed by atoms with van der Waals surface area (Å²) in [6, 6.07) is 3.74. The van der Waals surface area contributed by atoms with E-state index in [1.165, 1.54) is 0 Å². The number of aryl methyl sites for hydroxylation is 2. The number of aliphatic carboxylic acids is 1. The van der Waals surface area contributed by atoms with E-state index in [-0.39, 0.29) is 6.42 Å². The standard InChI is InChI=1S/C12H17NO3/c1-8-6-10(13)11(7-9(8)2)16-5-3-4-12(14)15/h6-7H,3-5,13H2,1-2H3,(H,14,15). The molecule has 3 N–H and O–H groups in total. The normalized spacial score (nSPS) is 10.1. The van der Waals surface area contributed by atoms with Gasteiger partial charge in [-0.25, -0.2) is 0 Å². The van der Waals surface area contributed by atoms with Gasteiger partial charge in [-0.2, -0.15) is 0 Å². The highest BCUT2D eigenvalue weighted by Gasteiger charge is 2.04. The lowest BCUT2D eigenvalue weighted by Gasteiger charge is -2.10. The lowest BCUT2D eigenvalue weighted by molar-refractivity contribution is -0.137. The molecule has 0 heterocycles. The summed E-state index contributed by atoms with van der Waals surface area (Å²) in [6.45, 7) is 4.35. The summed E-state index contributed by atoms with van der Waals surface area (Å²) in [5.41, 5.74) is 8.62. The molecular weight excluding hydrogens is 206 g/mol. The van der Waals surface area contributed by atoms with Crippen molar-refractivity contribution >= 4 is 11.7 Å². The molecule has 0 fully saturated rings. The van der Waals surface area contributed by atoms with Crippen LogP contribution in [-0.4, -0.2) is 17.7 Å². The summed E-state index contributed by atoms with van der Waals surface area (Å²) in [6.07, 6.45) is 0.604. The van der Waals surface area contributed by atoms with Crippen LogP contribution < -0.4 is 10.5 Å². The Kier molecular flexibility index (Phi) is 4.17. The first kappa shape index (κ1) is 12.4. The van der Waals surface area contributed by atoms with Gasteiger partial charge in [0.1, 0.15) is 5.75 Å². The van der Waals surface area contributed by atoms with Crippen molar-refractivity contribution in [3.05, 3.63) is 23.3 Å². The molecule has 88 valence electrons. The summed E-state index contributed by atoms with van der Waals surface area (Å²) in [7, 11) is 0. The van der Waals surface area contributed by atoms with Crippen molar-refractivity contribution in [3.63, 3.8) is 0 Å². The molecule has 0 atom stereocenters. The third kappa shape index (κ3) is 3.46. The van der Waals surface area contributed by atoms with Gasteiger partial charge in [0, 0.05) is 6.42 Å². The maximum Gasteiger partial charge on any atom is 0.303 e. The number of hydrogen-bond donors (Lipinski definition) is 2. The van der Waals surface area contributed by atoms with Gasteiger partial charge in [-0.3, -0.25) is 4.79 Å². The number of carboxylic acid groups (broad SMARTS) is 1. The third-order valence-electron chi connectivity index (χ3n) is 2.42. The Balaban J connectivity index is 2.54. The van der Waals surface area contributed by atoms with Gasteiger partial charge in [0.2, 0.25) is 0 Å². The van der Waals surface area contributed by atoms with E-state index in [1.54, 1.807) is 0 Å². The van der Waals surface area contributed by atoms with Crippen LogP contribution in [0.25, 0.3) is 0 Å². The average molecular weight is 223 g/mol. The first-order valence-corrected chi connectivity index (χ1v) is 5.22.